The van der Waals surface area contributed by atoms with Crippen LogP contribution < -0.4 is 0 Å². The van der Waals surface area contributed by atoms with E-state index in [0.29, 0.717) is 24.5 Å². The van der Waals surface area contributed by atoms with Gasteiger partial charge < -0.3 is 20.0 Å². The van der Waals surface area contributed by atoms with Crippen molar-refractivity contribution in [3.8, 4) is 11.5 Å². The lowest BCUT2D eigenvalue weighted by atomic mass is 9.68. The number of phenolic OH excluding ortho intramolecular Hbond substituents is 2. The Kier molecular flexibility index (Phi) is 7.26. The number of rotatable bonds is 7. The first-order valence-electron chi connectivity index (χ1n) is 11.2. The largest absolute Gasteiger partial charge is 0.508 e. The second-order valence-corrected chi connectivity index (χ2v) is 9.40. The van der Waals surface area contributed by atoms with Gasteiger partial charge in [-0.05, 0) is 73.0 Å². The van der Waals surface area contributed by atoms with Gasteiger partial charge >= 0.3 is 0 Å². The van der Waals surface area contributed by atoms with E-state index in [1.807, 2.05) is 36.2 Å². The third-order valence-electron chi connectivity index (χ3n) is 7.21. The summed E-state index contributed by atoms with van der Waals surface area (Å²) in [5.74, 6) is 1.17. The van der Waals surface area contributed by atoms with Crippen LogP contribution in [0.5, 0.6) is 11.5 Å². The molecular formula is C26H36N2O3. The fourth-order valence-electron chi connectivity index (χ4n) is 4.60. The number of nitrogens with zero attached hydrogens (tertiary/aromatic N) is 2. The first-order chi connectivity index (χ1) is 14.7. The van der Waals surface area contributed by atoms with Gasteiger partial charge in [0.2, 0.25) is 5.91 Å². The Morgan fingerprint density at radius 3 is 2.55 bits per heavy atom. The molecule has 0 saturated carbocycles. The highest BCUT2D eigenvalue weighted by atomic mass is 16.3. The molecule has 0 aliphatic carbocycles. The van der Waals surface area contributed by atoms with Crippen LogP contribution in [-0.2, 0) is 16.6 Å². The van der Waals surface area contributed by atoms with E-state index in [1.165, 1.54) is 5.56 Å². The third-order valence-corrected chi connectivity index (χ3v) is 7.21. The number of aryl methyl sites for hydroxylation is 1. The second-order valence-electron chi connectivity index (χ2n) is 9.40. The van der Waals surface area contributed by atoms with Gasteiger partial charge in [0.25, 0.3) is 0 Å². The minimum atomic E-state index is 0.0459. The molecule has 3 unspecified atom stereocenters. The van der Waals surface area contributed by atoms with Crippen molar-refractivity contribution in [3.63, 3.8) is 0 Å². The zero-order valence-corrected chi connectivity index (χ0v) is 19.2. The Labute approximate surface area is 186 Å². The molecule has 1 aliphatic heterocycles. The molecule has 1 amide bonds. The summed E-state index contributed by atoms with van der Waals surface area (Å²) in [6.07, 6.45) is 2.18. The summed E-state index contributed by atoms with van der Waals surface area (Å²) in [5.41, 5.74) is 2.31. The Hall–Kier alpha value is -2.53. The van der Waals surface area contributed by atoms with E-state index in [4.69, 9.17) is 0 Å². The highest BCUT2D eigenvalue weighted by Gasteiger charge is 2.38. The predicted molar refractivity (Wildman–Crippen MR) is 124 cm³/mol. The minimum Gasteiger partial charge on any atom is -0.508 e. The molecule has 0 aromatic heterocycles. The predicted octanol–water partition coefficient (Wildman–Crippen LogP) is 4.18. The highest BCUT2D eigenvalue weighted by molar-refractivity contribution is 5.76. The monoisotopic (exact) mass is 424 g/mol. The zero-order valence-electron chi connectivity index (χ0n) is 19.2. The normalized spacial score (nSPS) is 22.8. The fraction of sp³-hybridized carbons (Fsp3) is 0.500. The Morgan fingerprint density at radius 1 is 1.19 bits per heavy atom. The van der Waals surface area contributed by atoms with Crippen molar-refractivity contribution in [1.29, 1.82) is 0 Å². The van der Waals surface area contributed by atoms with Crippen molar-refractivity contribution >= 4 is 5.91 Å². The summed E-state index contributed by atoms with van der Waals surface area (Å²) < 4.78 is 0. The molecule has 1 saturated heterocycles. The van der Waals surface area contributed by atoms with Crippen LogP contribution in [0.2, 0.25) is 0 Å². The number of hydrogen-bond donors (Lipinski definition) is 2. The third kappa shape index (κ3) is 5.59. The van der Waals surface area contributed by atoms with E-state index in [1.54, 1.807) is 18.2 Å². The van der Waals surface area contributed by atoms with Crippen molar-refractivity contribution in [2.75, 3.05) is 26.7 Å². The van der Waals surface area contributed by atoms with Crippen molar-refractivity contribution in [2.24, 2.45) is 5.92 Å². The van der Waals surface area contributed by atoms with E-state index in [9.17, 15) is 15.0 Å². The number of aromatic hydroxyl groups is 2. The molecular weight excluding hydrogens is 388 g/mol. The maximum absolute atomic E-state index is 12.7. The highest BCUT2D eigenvalue weighted by Crippen LogP contribution is 2.40. The fourth-order valence-corrected chi connectivity index (χ4v) is 4.60. The minimum absolute atomic E-state index is 0.0459. The van der Waals surface area contributed by atoms with Crippen LogP contribution in [-0.4, -0.2) is 58.6 Å². The number of carbonyl (C=O) groups excluding carboxylic acids is 1. The van der Waals surface area contributed by atoms with Crippen molar-refractivity contribution in [1.82, 2.24) is 9.80 Å². The molecule has 1 fully saturated rings. The van der Waals surface area contributed by atoms with Crippen molar-refractivity contribution < 1.29 is 15.0 Å². The molecule has 1 aliphatic rings. The maximum Gasteiger partial charge on any atom is 0.222 e. The molecule has 2 aromatic carbocycles. The van der Waals surface area contributed by atoms with Gasteiger partial charge in [0.15, 0.2) is 0 Å². The van der Waals surface area contributed by atoms with E-state index in [2.05, 4.69) is 31.7 Å². The van der Waals surface area contributed by atoms with E-state index < -0.39 is 0 Å². The molecule has 31 heavy (non-hydrogen) atoms. The first kappa shape index (κ1) is 23.1. The van der Waals surface area contributed by atoms with Gasteiger partial charge in [-0.15, -0.1) is 0 Å². The van der Waals surface area contributed by atoms with Gasteiger partial charge in [-0.1, -0.05) is 38.1 Å². The van der Waals surface area contributed by atoms with Crippen LogP contribution in [0.25, 0.3) is 0 Å². The maximum atomic E-state index is 12.7. The number of likely N-dealkylation sites (N-methyl/N-ethyl adjacent to an activating group) is 1. The van der Waals surface area contributed by atoms with Crippen LogP contribution in [0.1, 0.15) is 44.7 Å². The number of benzene rings is 2. The van der Waals surface area contributed by atoms with Crippen molar-refractivity contribution in [2.45, 2.75) is 51.5 Å². The first-order valence-corrected chi connectivity index (χ1v) is 11.2. The van der Waals surface area contributed by atoms with Crippen LogP contribution in [0, 0.1) is 5.92 Å². The van der Waals surface area contributed by atoms with Gasteiger partial charge in [-0.2, -0.15) is 0 Å². The lowest BCUT2D eigenvalue weighted by Gasteiger charge is -2.46. The number of likely N-dealkylation sites (tertiary alicyclic amines) is 1. The summed E-state index contributed by atoms with van der Waals surface area (Å²) in [4.78, 5) is 17.0. The average molecular weight is 425 g/mol. The SMILES string of the molecule is CC(CN1CCC(C)(c2cccc(O)c2)C(C)C1)N(C)C(=O)CCc1ccc(O)cc1. The van der Waals surface area contributed by atoms with Gasteiger partial charge in [0, 0.05) is 32.6 Å². The van der Waals surface area contributed by atoms with Gasteiger partial charge in [0.1, 0.15) is 11.5 Å². The van der Waals surface area contributed by atoms with Crippen LogP contribution >= 0.6 is 0 Å². The molecule has 2 N–H and O–H groups in total. The summed E-state index contributed by atoms with van der Waals surface area (Å²) in [5, 5.41) is 19.3. The number of carbonyl (C=O) groups is 1. The number of phenols is 2. The quantitative estimate of drug-likeness (QED) is 0.700. The molecule has 2 aromatic rings. The molecule has 5 nitrogen and oxygen atoms in total. The van der Waals surface area contributed by atoms with Crippen LogP contribution in [0.3, 0.4) is 0 Å². The number of piperidine rings is 1. The van der Waals surface area contributed by atoms with Crippen molar-refractivity contribution in [3.05, 3.63) is 59.7 Å². The summed E-state index contributed by atoms with van der Waals surface area (Å²) >= 11 is 0. The van der Waals surface area contributed by atoms with E-state index in [-0.39, 0.29) is 23.1 Å². The van der Waals surface area contributed by atoms with Crippen LogP contribution in [0.15, 0.2) is 48.5 Å². The van der Waals surface area contributed by atoms with E-state index >= 15 is 0 Å². The second kappa shape index (κ2) is 9.73. The summed E-state index contributed by atoms with van der Waals surface area (Å²) in [7, 11) is 1.90. The Balaban J connectivity index is 1.51. The molecule has 0 spiro atoms. The summed E-state index contributed by atoms with van der Waals surface area (Å²) in [6, 6.07) is 14.9. The topological polar surface area (TPSA) is 64.0 Å². The Bertz CT molecular complexity index is 882. The van der Waals surface area contributed by atoms with Gasteiger partial charge in [-0.3, -0.25) is 4.79 Å². The molecule has 3 atom stereocenters. The molecule has 5 heteroatoms. The molecule has 168 valence electrons. The summed E-state index contributed by atoms with van der Waals surface area (Å²) in [6.45, 7) is 9.52. The standard InChI is InChI=1S/C26H36N2O3/c1-19-17-28(15-14-26(19,3)22-6-5-7-24(30)16-22)18-20(2)27(4)25(31)13-10-21-8-11-23(29)12-9-21/h5-9,11-12,16,19-20,29-30H,10,13-15,17-18H2,1-4H3. The number of hydrogen-bond acceptors (Lipinski definition) is 4. The van der Waals surface area contributed by atoms with Gasteiger partial charge in [-0.25, -0.2) is 0 Å². The van der Waals surface area contributed by atoms with Gasteiger partial charge in [0.05, 0.1) is 0 Å². The smallest absolute Gasteiger partial charge is 0.222 e. The molecule has 0 radical (unpaired) electrons. The molecule has 1 heterocycles. The molecule has 3 rings (SSSR count). The lowest BCUT2D eigenvalue weighted by molar-refractivity contribution is -0.132. The van der Waals surface area contributed by atoms with Crippen LogP contribution in [0.4, 0.5) is 0 Å². The zero-order chi connectivity index (χ0) is 22.6. The lowest BCUT2D eigenvalue weighted by Crippen LogP contribution is -2.51. The number of amides is 1. The molecule has 0 bridgehead atoms. The van der Waals surface area contributed by atoms with E-state index in [0.717, 1.165) is 31.6 Å². The average Bonchev–Trinajstić information content (AvgIpc) is 2.75. The Morgan fingerprint density at radius 2 is 1.90 bits per heavy atom.